The molecule has 0 saturated carbocycles. The second-order valence-corrected chi connectivity index (χ2v) is 8.23. The van der Waals surface area contributed by atoms with Gasteiger partial charge in [0.1, 0.15) is 6.04 Å². The number of aromatic nitrogens is 1. The quantitative estimate of drug-likeness (QED) is 0.450. The maximum absolute atomic E-state index is 14.0. The summed E-state index contributed by atoms with van der Waals surface area (Å²) < 4.78 is 0. The summed E-state index contributed by atoms with van der Waals surface area (Å²) in [6.07, 6.45) is 8.37. The summed E-state index contributed by atoms with van der Waals surface area (Å²) in [5, 5.41) is 0. The Morgan fingerprint density at radius 1 is 0.909 bits per heavy atom. The molecule has 2 atom stereocenters. The molecule has 2 aromatic carbocycles. The molecule has 0 aliphatic carbocycles. The first-order chi connectivity index (χ1) is 16.1. The van der Waals surface area contributed by atoms with Crippen LogP contribution in [0.15, 0.2) is 91.3 Å². The third kappa shape index (κ3) is 3.84. The zero-order chi connectivity index (χ0) is 22.8. The van der Waals surface area contributed by atoms with Gasteiger partial charge in [-0.3, -0.25) is 24.3 Å². The lowest BCUT2D eigenvalue weighted by Gasteiger charge is -2.37. The van der Waals surface area contributed by atoms with Gasteiger partial charge in [0.15, 0.2) is 0 Å². The monoisotopic (exact) mass is 437 g/mol. The van der Waals surface area contributed by atoms with Gasteiger partial charge in [0, 0.05) is 25.4 Å². The van der Waals surface area contributed by atoms with Crippen molar-refractivity contribution in [1.82, 2.24) is 14.8 Å². The number of hydrogen-bond acceptors (Lipinski definition) is 4. The number of rotatable bonds is 5. The molecule has 3 aromatic rings. The number of nitrogens with zero attached hydrogens (tertiary/aromatic N) is 3. The van der Waals surface area contributed by atoms with Gasteiger partial charge in [0.25, 0.3) is 11.8 Å². The highest BCUT2D eigenvalue weighted by Gasteiger charge is 2.44. The molecule has 0 fully saturated rings. The SMILES string of the molecule is O=C([C@@H](Cc1ccccc1)N1C(=O)c2ccccc2C1=O)N1CC=CCC1c1cccnc1. The van der Waals surface area contributed by atoms with Crippen LogP contribution in [0.5, 0.6) is 0 Å². The van der Waals surface area contributed by atoms with E-state index in [4.69, 9.17) is 0 Å². The number of amides is 3. The maximum atomic E-state index is 14.0. The van der Waals surface area contributed by atoms with Crippen LogP contribution < -0.4 is 0 Å². The zero-order valence-corrected chi connectivity index (χ0v) is 18.0. The van der Waals surface area contributed by atoms with Crippen molar-refractivity contribution in [3.05, 3.63) is 114 Å². The van der Waals surface area contributed by atoms with Crippen LogP contribution in [0.2, 0.25) is 0 Å². The molecule has 0 saturated heterocycles. The fourth-order valence-corrected chi connectivity index (χ4v) is 4.61. The van der Waals surface area contributed by atoms with Crippen LogP contribution in [0, 0.1) is 0 Å². The van der Waals surface area contributed by atoms with Gasteiger partial charge in [-0.25, -0.2) is 0 Å². The first-order valence-electron chi connectivity index (χ1n) is 11.0. The summed E-state index contributed by atoms with van der Waals surface area (Å²) in [5.74, 6) is -1.09. The molecule has 0 bridgehead atoms. The van der Waals surface area contributed by atoms with E-state index < -0.39 is 17.9 Å². The van der Waals surface area contributed by atoms with Gasteiger partial charge in [0.2, 0.25) is 5.91 Å². The molecular formula is C27H23N3O3. The number of pyridine rings is 1. The molecule has 1 aromatic heterocycles. The van der Waals surface area contributed by atoms with Crippen LogP contribution >= 0.6 is 0 Å². The van der Waals surface area contributed by atoms with E-state index in [9.17, 15) is 14.4 Å². The zero-order valence-electron chi connectivity index (χ0n) is 18.0. The van der Waals surface area contributed by atoms with Gasteiger partial charge in [0.05, 0.1) is 17.2 Å². The second-order valence-electron chi connectivity index (χ2n) is 8.23. The highest BCUT2D eigenvalue weighted by Crippen LogP contribution is 2.32. The number of hydrogen-bond donors (Lipinski definition) is 0. The van der Waals surface area contributed by atoms with Crippen LogP contribution in [-0.4, -0.2) is 45.1 Å². The number of carbonyl (C=O) groups is 3. The fraction of sp³-hybridized carbons (Fsp3) is 0.185. The Kier molecular flexibility index (Phi) is 5.57. The summed E-state index contributed by atoms with van der Waals surface area (Å²) in [7, 11) is 0. The average Bonchev–Trinajstić information content (AvgIpc) is 3.13. The summed E-state index contributed by atoms with van der Waals surface area (Å²) in [6, 6.07) is 18.9. The van der Waals surface area contributed by atoms with Crippen molar-refractivity contribution in [3.8, 4) is 0 Å². The Morgan fingerprint density at radius 2 is 1.61 bits per heavy atom. The molecule has 0 N–H and O–H groups in total. The minimum absolute atomic E-state index is 0.204. The summed E-state index contributed by atoms with van der Waals surface area (Å²) >= 11 is 0. The number of fused-ring (bicyclic) bond motifs is 1. The van der Waals surface area contributed by atoms with Gasteiger partial charge in [-0.2, -0.15) is 0 Å². The van der Waals surface area contributed by atoms with Gasteiger partial charge in [-0.15, -0.1) is 0 Å². The molecule has 164 valence electrons. The van der Waals surface area contributed by atoms with E-state index in [1.807, 2.05) is 48.5 Å². The van der Waals surface area contributed by atoms with Crippen molar-refractivity contribution >= 4 is 17.7 Å². The Balaban J connectivity index is 1.53. The van der Waals surface area contributed by atoms with Crippen molar-refractivity contribution in [3.63, 3.8) is 0 Å². The smallest absolute Gasteiger partial charge is 0.262 e. The van der Waals surface area contributed by atoms with Gasteiger partial charge < -0.3 is 4.90 Å². The molecule has 2 aliphatic heterocycles. The van der Waals surface area contributed by atoms with Crippen molar-refractivity contribution in [1.29, 1.82) is 0 Å². The number of benzene rings is 2. The second kappa shape index (κ2) is 8.82. The van der Waals surface area contributed by atoms with Gasteiger partial charge >= 0.3 is 0 Å². The van der Waals surface area contributed by atoms with Crippen LogP contribution in [0.4, 0.5) is 0 Å². The van der Waals surface area contributed by atoms with Gasteiger partial charge in [-0.05, 0) is 35.7 Å². The molecule has 2 aliphatic rings. The van der Waals surface area contributed by atoms with Crippen molar-refractivity contribution in [2.24, 2.45) is 0 Å². The van der Waals surface area contributed by atoms with E-state index in [0.29, 0.717) is 24.1 Å². The molecule has 3 amide bonds. The molecular weight excluding hydrogens is 414 g/mol. The molecule has 33 heavy (non-hydrogen) atoms. The van der Waals surface area contributed by atoms with E-state index in [1.54, 1.807) is 41.6 Å². The maximum Gasteiger partial charge on any atom is 0.262 e. The number of imide groups is 1. The van der Waals surface area contributed by atoms with Crippen molar-refractivity contribution in [2.75, 3.05) is 6.54 Å². The minimum Gasteiger partial charge on any atom is -0.330 e. The lowest BCUT2D eigenvalue weighted by molar-refractivity contribution is -0.137. The molecule has 0 spiro atoms. The van der Waals surface area contributed by atoms with E-state index in [1.165, 1.54) is 0 Å². The Morgan fingerprint density at radius 3 is 2.27 bits per heavy atom. The first-order valence-corrected chi connectivity index (χ1v) is 11.0. The first kappa shape index (κ1) is 20.8. The third-order valence-corrected chi connectivity index (χ3v) is 6.25. The fourth-order valence-electron chi connectivity index (χ4n) is 4.61. The molecule has 5 rings (SSSR count). The minimum atomic E-state index is -0.939. The Labute approximate surface area is 192 Å². The van der Waals surface area contributed by atoms with E-state index in [0.717, 1.165) is 16.0 Å². The van der Waals surface area contributed by atoms with Crippen molar-refractivity contribution in [2.45, 2.75) is 24.9 Å². The third-order valence-electron chi connectivity index (χ3n) is 6.25. The molecule has 3 heterocycles. The predicted octanol–water partition coefficient (Wildman–Crippen LogP) is 3.82. The van der Waals surface area contributed by atoms with E-state index in [2.05, 4.69) is 11.1 Å². The summed E-state index contributed by atoms with van der Waals surface area (Å²) in [5.41, 5.74) is 2.50. The highest BCUT2D eigenvalue weighted by atomic mass is 16.2. The normalized spacial score (nSPS) is 18.4. The summed E-state index contributed by atoms with van der Waals surface area (Å²) in [6.45, 7) is 0.410. The largest absolute Gasteiger partial charge is 0.330 e. The number of carbonyl (C=O) groups excluding carboxylic acids is 3. The van der Waals surface area contributed by atoms with Crippen LogP contribution in [0.1, 0.15) is 44.3 Å². The van der Waals surface area contributed by atoms with E-state index >= 15 is 0 Å². The van der Waals surface area contributed by atoms with Crippen LogP contribution in [0.3, 0.4) is 0 Å². The lowest BCUT2D eigenvalue weighted by Crippen LogP contribution is -2.53. The highest BCUT2D eigenvalue weighted by molar-refractivity contribution is 6.22. The molecule has 0 radical (unpaired) electrons. The van der Waals surface area contributed by atoms with Gasteiger partial charge in [-0.1, -0.05) is 60.7 Å². The average molecular weight is 437 g/mol. The van der Waals surface area contributed by atoms with E-state index in [-0.39, 0.29) is 18.4 Å². The lowest BCUT2D eigenvalue weighted by atomic mass is 9.97. The standard InChI is InChI=1S/C27H23N3O3/c31-25-21-12-4-5-13-22(21)26(32)30(25)24(17-19-9-2-1-3-10-19)27(33)29-16-7-6-14-23(29)20-11-8-15-28-18-20/h1-13,15,18,23-24H,14,16-17H2/t23?,24-/m1/s1. The Hall–Kier alpha value is -4.06. The predicted molar refractivity (Wildman–Crippen MR) is 123 cm³/mol. The molecule has 6 heteroatoms. The van der Waals surface area contributed by atoms with Crippen LogP contribution in [-0.2, 0) is 11.2 Å². The molecule has 6 nitrogen and oxygen atoms in total. The molecule has 1 unspecified atom stereocenters. The summed E-state index contributed by atoms with van der Waals surface area (Å²) in [4.78, 5) is 47.7. The Bertz CT molecular complexity index is 1190. The topological polar surface area (TPSA) is 70.6 Å². The van der Waals surface area contributed by atoms with Crippen molar-refractivity contribution < 1.29 is 14.4 Å². The van der Waals surface area contributed by atoms with Crippen LogP contribution in [0.25, 0.3) is 0 Å².